The van der Waals surface area contributed by atoms with Crippen LogP contribution in [0.5, 0.6) is 0 Å². The standard InChI is InChI=1S/C8H14O/c1-6(2)8-5-9-4-7(8)3/h4,6,8H,5H2,1-3H3. The van der Waals surface area contributed by atoms with Gasteiger partial charge in [-0.1, -0.05) is 13.8 Å². The van der Waals surface area contributed by atoms with Crippen LogP contribution in [-0.4, -0.2) is 6.61 Å². The Bertz CT molecular complexity index is 125. The number of hydrogen-bond donors (Lipinski definition) is 0. The Balaban J connectivity index is 2.53. The Morgan fingerprint density at radius 3 is 2.56 bits per heavy atom. The largest absolute Gasteiger partial charge is 0.501 e. The van der Waals surface area contributed by atoms with Crippen molar-refractivity contribution in [3.05, 3.63) is 11.8 Å². The Morgan fingerprint density at radius 2 is 2.33 bits per heavy atom. The minimum atomic E-state index is 0.671. The molecular weight excluding hydrogens is 112 g/mol. The van der Waals surface area contributed by atoms with Crippen LogP contribution in [-0.2, 0) is 4.74 Å². The first-order valence-electron chi connectivity index (χ1n) is 3.50. The average Bonchev–Trinajstić information content (AvgIpc) is 2.13. The van der Waals surface area contributed by atoms with Crippen LogP contribution in [0.15, 0.2) is 11.8 Å². The lowest BCUT2D eigenvalue weighted by molar-refractivity contribution is 0.225. The summed E-state index contributed by atoms with van der Waals surface area (Å²) < 4.78 is 5.17. The summed E-state index contributed by atoms with van der Waals surface area (Å²) in [4.78, 5) is 0. The zero-order valence-corrected chi connectivity index (χ0v) is 6.35. The molecule has 52 valence electrons. The van der Waals surface area contributed by atoms with Gasteiger partial charge in [0.2, 0.25) is 0 Å². The summed E-state index contributed by atoms with van der Waals surface area (Å²) in [5.41, 5.74) is 1.39. The second kappa shape index (κ2) is 2.42. The lowest BCUT2D eigenvalue weighted by Crippen LogP contribution is -2.10. The second-order valence-electron chi connectivity index (χ2n) is 3.05. The first kappa shape index (κ1) is 6.66. The molecule has 0 bridgehead atoms. The van der Waals surface area contributed by atoms with Crippen molar-refractivity contribution in [1.82, 2.24) is 0 Å². The van der Waals surface area contributed by atoms with Crippen LogP contribution in [0.25, 0.3) is 0 Å². The maximum Gasteiger partial charge on any atom is 0.0942 e. The van der Waals surface area contributed by atoms with E-state index in [4.69, 9.17) is 4.74 Å². The van der Waals surface area contributed by atoms with Crippen molar-refractivity contribution in [2.24, 2.45) is 11.8 Å². The van der Waals surface area contributed by atoms with Gasteiger partial charge in [0.15, 0.2) is 0 Å². The lowest BCUT2D eigenvalue weighted by Gasteiger charge is -2.12. The van der Waals surface area contributed by atoms with Crippen LogP contribution in [0, 0.1) is 11.8 Å². The van der Waals surface area contributed by atoms with E-state index in [0.29, 0.717) is 5.92 Å². The third-order valence-electron chi connectivity index (χ3n) is 1.93. The first-order chi connectivity index (χ1) is 4.22. The van der Waals surface area contributed by atoms with E-state index in [1.807, 2.05) is 6.26 Å². The zero-order valence-electron chi connectivity index (χ0n) is 6.35. The molecule has 0 N–H and O–H groups in total. The van der Waals surface area contributed by atoms with Crippen LogP contribution < -0.4 is 0 Å². The van der Waals surface area contributed by atoms with Gasteiger partial charge < -0.3 is 4.74 Å². The van der Waals surface area contributed by atoms with Gasteiger partial charge in [-0.2, -0.15) is 0 Å². The molecule has 1 aliphatic heterocycles. The minimum absolute atomic E-state index is 0.671. The topological polar surface area (TPSA) is 9.23 Å². The number of ether oxygens (including phenoxy) is 1. The fraction of sp³-hybridized carbons (Fsp3) is 0.750. The van der Waals surface area contributed by atoms with Gasteiger partial charge in [-0.15, -0.1) is 0 Å². The van der Waals surface area contributed by atoms with E-state index in [1.165, 1.54) is 5.57 Å². The predicted octanol–water partition coefficient (Wildman–Crippen LogP) is 2.19. The molecule has 1 heteroatoms. The SMILES string of the molecule is CC1=COCC1C(C)C. The third-order valence-corrected chi connectivity index (χ3v) is 1.93. The zero-order chi connectivity index (χ0) is 6.85. The van der Waals surface area contributed by atoms with E-state index >= 15 is 0 Å². The number of rotatable bonds is 1. The van der Waals surface area contributed by atoms with E-state index in [1.54, 1.807) is 0 Å². The molecule has 9 heavy (non-hydrogen) atoms. The van der Waals surface area contributed by atoms with E-state index in [0.717, 1.165) is 12.5 Å². The Kier molecular flexibility index (Phi) is 1.79. The first-order valence-corrected chi connectivity index (χ1v) is 3.50. The summed E-state index contributed by atoms with van der Waals surface area (Å²) >= 11 is 0. The summed E-state index contributed by atoms with van der Waals surface area (Å²) in [7, 11) is 0. The molecule has 0 radical (unpaired) electrons. The van der Waals surface area contributed by atoms with Crippen molar-refractivity contribution >= 4 is 0 Å². The monoisotopic (exact) mass is 126 g/mol. The Labute approximate surface area is 56.7 Å². The second-order valence-corrected chi connectivity index (χ2v) is 3.05. The molecule has 0 aromatic carbocycles. The maximum atomic E-state index is 5.17. The van der Waals surface area contributed by atoms with Crippen LogP contribution in [0.1, 0.15) is 20.8 Å². The van der Waals surface area contributed by atoms with Crippen molar-refractivity contribution in [3.63, 3.8) is 0 Å². The Hall–Kier alpha value is -0.460. The van der Waals surface area contributed by atoms with Crippen molar-refractivity contribution in [3.8, 4) is 0 Å². The fourth-order valence-corrected chi connectivity index (χ4v) is 1.22. The molecule has 1 heterocycles. The summed E-state index contributed by atoms with van der Waals surface area (Å²) in [5, 5.41) is 0. The van der Waals surface area contributed by atoms with Gasteiger partial charge in [0.1, 0.15) is 0 Å². The molecule has 0 fully saturated rings. The highest BCUT2D eigenvalue weighted by molar-refractivity contribution is 5.05. The summed E-state index contributed by atoms with van der Waals surface area (Å²) in [6.45, 7) is 7.49. The van der Waals surface area contributed by atoms with E-state index in [9.17, 15) is 0 Å². The molecule has 0 amide bonds. The number of hydrogen-bond acceptors (Lipinski definition) is 1. The molecule has 0 saturated heterocycles. The van der Waals surface area contributed by atoms with Gasteiger partial charge in [-0.05, 0) is 18.4 Å². The molecule has 1 rings (SSSR count). The molecule has 1 aliphatic rings. The molecule has 1 nitrogen and oxygen atoms in total. The van der Waals surface area contributed by atoms with Crippen molar-refractivity contribution < 1.29 is 4.74 Å². The molecule has 0 aliphatic carbocycles. The van der Waals surface area contributed by atoms with Crippen molar-refractivity contribution in [2.45, 2.75) is 20.8 Å². The highest BCUT2D eigenvalue weighted by Crippen LogP contribution is 2.25. The van der Waals surface area contributed by atoms with E-state index in [-0.39, 0.29) is 0 Å². The fourth-order valence-electron chi connectivity index (χ4n) is 1.22. The van der Waals surface area contributed by atoms with Crippen LogP contribution in [0.2, 0.25) is 0 Å². The summed E-state index contributed by atoms with van der Waals surface area (Å²) in [6.07, 6.45) is 1.88. The summed E-state index contributed by atoms with van der Waals surface area (Å²) in [6, 6.07) is 0. The average molecular weight is 126 g/mol. The highest BCUT2D eigenvalue weighted by Gasteiger charge is 2.19. The van der Waals surface area contributed by atoms with Gasteiger partial charge in [0, 0.05) is 5.92 Å². The third kappa shape index (κ3) is 1.26. The van der Waals surface area contributed by atoms with Crippen LogP contribution in [0.4, 0.5) is 0 Å². The smallest absolute Gasteiger partial charge is 0.0942 e. The van der Waals surface area contributed by atoms with Crippen LogP contribution >= 0.6 is 0 Å². The van der Waals surface area contributed by atoms with Gasteiger partial charge in [0.05, 0.1) is 12.9 Å². The van der Waals surface area contributed by atoms with Gasteiger partial charge in [0.25, 0.3) is 0 Å². The minimum Gasteiger partial charge on any atom is -0.501 e. The molecule has 0 saturated carbocycles. The maximum absolute atomic E-state index is 5.17. The Morgan fingerprint density at radius 1 is 1.67 bits per heavy atom. The molecule has 0 spiro atoms. The molecule has 1 unspecified atom stereocenters. The van der Waals surface area contributed by atoms with Gasteiger partial charge >= 0.3 is 0 Å². The van der Waals surface area contributed by atoms with Crippen molar-refractivity contribution in [1.29, 1.82) is 0 Å². The predicted molar refractivity (Wildman–Crippen MR) is 38.0 cm³/mol. The van der Waals surface area contributed by atoms with E-state index in [2.05, 4.69) is 20.8 Å². The molecule has 0 aromatic rings. The van der Waals surface area contributed by atoms with E-state index < -0.39 is 0 Å². The highest BCUT2D eigenvalue weighted by atomic mass is 16.5. The van der Waals surface area contributed by atoms with Gasteiger partial charge in [-0.25, -0.2) is 0 Å². The molecule has 0 aromatic heterocycles. The van der Waals surface area contributed by atoms with Crippen molar-refractivity contribution in [2.75, 3.05) is 6.61 Å². The van der Waals surface area contributed by atoms with Gasteiger partial charge in [-0.3, -0.25) is 0 Å². The summed E-state index contributed by atoms with van der Waals surface area (Å²) in [5.74, 6) is 1.40. The van der Waals surface area contributed by atoms with Crippen LogP contribution in [0.3, 0.4) is 0 Å². The molecule has 1 atom stereocenters. The molecular formula is C8H14O. The quantitative estimate of drug-likeness (QED) is 0.523. The lowest BCUT2D eigenvalue weighted by atomic mass is 9.92. The normalized spacial score (nSPS) is 26.2.